The Balaban J connectivity index is 2.09. The Bertz CT molecular complexity index is 549. The normalized spacial score (nSPS) is 22.2. The number of ether oxygens (including phenoxy) is 1. The summed E-state index contributed by atoms with van der Waals surface area (Å²) in [7, 11) is 1.31. The van der Waals surface area contributed by atoms with Crippen molar-refractivity contribution in [2.75, 3.05) is 12.4 Å². The van der Waals surface area contributed by atoms with Gasteiger partial charge in [-0.25, -0.2) is 0 Å². The molecule has 1 aliphatic rings. The zero-order valence-electron chi connectivity index (χ0n) is 12.0. The number of benzene rings is 1. The topological polar surface area (TPSA) is 64.4 Å². The van der Waals surface area contributed by atoms with Gasteiger partial charge < -0.3 is 10.1 Å². The molecule has 1 aromatic carbocycles. The maximum absolute atomic E-state index is 12.8. The van der Waals surface area contributed by atoms with Crippen molar-refractivity contribution in [3.63, 3.8) is 0 Å². The molecular weight excluding hydrogens is 301 g/mol. The van der Waals surface area contributed by atoms with Crippen molar-refractivity contribution in [2.24, 2.45) is 5.92 Å². The fourth-order valence-electron chi connectivity index (χ4n) is 2.77. The second-order valence-electron chi connectivity index (χ2n) is 5.39. The molecule has 1 fully saturated rings. The molecule has 0 heterocycles. The molecule has 8 heteroatoms. The SMILES string of the molecule is COc1cc(NC2CCCC(C(F)(F)F)C2)ccc1[N+](=O)[O-]. The third-order valence-electron chi connectivity index (χ3n) is 3.88. The molecule has 2 atom stereocenters. The number of nitro groups is 1. The van der Waals surface area contributed by atoms with E-state index >= 15 is 0 Å². The second kappa shape index (κ2) is 6.41. The Kier molecular flexibility index (Phi) is 4.77. The van der Waals surface area contributed by atoms with Gasteiger partial charge in [-0.05, 0) is 25.3 Å². The van der Waals surface area contributed by atoms with Gasteiger partial charge in [0.25, 0.3) is 0 Å². The molecule has 0 aliphatic heterocycles. The zero-order valence-corrected chi connectivity index (χ0v) is 12.0. The van der Waals surface area contributed by atoms with Gasteiger partial charge in [-0.3, -0.25) is 10.1 Å². The van der Waals surface area contributed by atoms with Crippen molar-refractivity contribution in [2.45, 2.75) is 37.9 Å². The van der Waals surface area contributed by atoms with E-state index in [1.54, 1.807) is 0 Å². The quantitative estimate of drug-likeness (QED) is 0.669. The van der Waals surface area contributed by atoms with Crippen LogP contribution in [0.3, 0.4) is 0 Å². The summed E-state index contributed by atoms with van der Waals surface area (Å²) in [4.78, 5) is 10.2. The molecule has 1 N–H and O–H groups in total. The van der Waals surface area contributed by atoms with Crippen molar-refractivity contribution in [1.29, 1.82) is 0 Å². The first-order valence-corrected chi connectivity index (χ1v) is 6.97. The average Bonchev–Trinajstić information content (AvgIpc) is 2.46. The first-order chi connectivity index (χ1) is 10.3. The Labute approximate surface area is 125 Å². The Hall–Kier alpha value is -1.99. The van der Waals surface area contributed by atoms with Crippen LogP contribution >= 0.6 is 0 Å². The first-order valence-electron chi connectivity index (χ1n) is 6.97. The van der Waals surface area contributed by atoms with E-state index in [9.17, 15) is 23.3 Å². The minimum absolute atomic E-state index is 0.0167. The molecule has 1 aliphatic carbocycles. The van der Waals surface area contributed by atoms with Crippen LogP contribution in [0, 0.1) is 16.0 Å². The van der Waals surface area contributed by atoms with E-state index in [0.717, 1.165) is 0 Å². The zero-order chi connectivity index (χ0) is 16.3. The number of rotatable bonds is 4. The number of methoxy groups -OCH3 is 1. The second-order valence-corrected chi connectivity index (χ2v) is 5.39. The minimum atomic E-state index is -4.17. The number of nitro benzene ring substituents is 1. The smallest absolute Gasteiger partial charge is 0.391 e. The summed E-state index contributed by atoms with van der Waals surface area (Å²) in [6.07, 6.45) is -2.85. The van der Waals surface area contributed by atoms with Crippen molar-refractivity contribution in [3.05, 3.63) is 28.3 Å². The number of nitrogens with one attached hydrogen (secondary N) is 1. The van der Waals surface area contributed by atoms with E-state index in [-0.39, 0.29) is 30.3 Å². The predicted octanol–water partition coefficient (Wildman–Crippen LogP) is 4.14. The van der Waals surface area contributed by atoms with Gasteiger partial charge in [0, 0.05) is 23.9 Å². The van der Waals surface area contributed by atoms with Crippen LogP contribution in [-0.4, -0.2) is 24.3 Å². The number of hydrogen-bond acceptors (Lipinski definition) is 4. The molecule has 2 rings (SSSR count). The summed E-state index contributed by atoms with van der Waals surface area (Å²) in [5, 5.41) is 13.8. The summed E-state index contributed by atoms with van der Waals surface area (Å²) < 4.78 is 43.3. The highest BCUT2D eigenvalue weighted by molar-refractivity contribution is 5.58. The van der Waals surface area contributed by atoms with Crippen LogP contribution in [0.5, 0.6) is 5.75 Å². The van der Waals surface area contributed by atoms with Gasteiger partial charge in [0.05, 0.1) is 18.0 Å². The monoisotopic (exact) mass is 318 g/mol. The van der Waals surface area contributed by atoms with E-state index in [0.29, 0.717) is 18.5 Å². The molecule has 5 nitrogen and oxygen atoms in total. The van der Waals surface area contributed by atoms with Crippen LogP contribution in [0.1, 0.15) is 25.7 Å². The van der Waals surface area contributed by atoms with E-state index < -0.39 is 17.0 Å². The highest BCUT2D eigenvalue weighted by Crippen LogP contribution is 2.39. The van der Waals surface area contributed by atoms with E-state index in [2.05, 4.69) is 5.32 Å². The maximum atomic E-state index is 12.8. The number of hydrogen-bond donors (Lipinski definition) is 1. The summed E-state index contributed by atoms with van der Waals surface area (Å²) in [6.45, 7) is 0. The molecule has 0 bridgehead atoms. The van der Waals surface area contributed by atoms with Crippen molar-refractivity contribution < 1.29 is 22.8 Å². The largest absolute Gasteiger partial charge is 0.490 e. The highest BCUT2D eigenvalue weighted by atomic mass is 19.4. The molecular formula is C14H17F3N2O3. The van der Waals surface area contributed by atoms with Crippen LogP contribution in [0.4, 0.5) is 24.5 Å². The van der Waals surface area contributed by atoms with Crippen LogP contribution < -0.4 is 10.1 Å². The van der Waals surface area contributed by atoms with Crippen LogP contribution in [0.15, 0.2) is 18.2 Å². The molecule has 0 spiro atoms. The third kappa shape index (κ3) is 3.80. The highest BCUT2D eigenvalue weighted by Gasteiger charge is 2.42. The Morgan fingerprint density at radius 2 is 2.09 bits per heavy atom. The van der Waals surface area contributed by atoms with Gasteiger partial charge in [-0.2, -0.15) is 13.2 Å². The van der Waals surface area contributed by atoms with E-state index in [4.69, 9.17) is 4.74 Å². The fourth-order valence-corrected chi connectivity index (χ4v) is 2.77. The predicted molar refractivity (Wildman–Crippen MR) is 75.1 cm³/mol. The standard InChI is InChI=1S/C14H17F3N2O3/c1-22-13-8-11(5-6-12(13)19(20)21)18-10-4-2-3-9(7-10)14(15,16)17/h5-6,8-10,18H,2-4,7H2,1H3. The van der Waals surface area contributed by atoms with E-state index in [1.807, 2.05) is 0 Å². The number of nitrogens with zero attached hydrogens (tertiary/aromatic N) is 1. The Morgan fingerprint density at radius 3 is 2.68 bits per heavy atom. The summed E-state index contributed by atoms with van der Waals surface area (Å²) >= 11 is 0. The fraction of sp³-hybridized carbons (Fsp3) is 0.571. The number of halogens is 3. The van der Waals surface area contributed by atoms with Gasteiger partial charge in [0.2, 0.25) is 0 Å². The van der Waals surface area contributed by atoms with Crippen molar-refractivity contribution >= 4 is 11.4 Å². The first kappa shape index (κ1) is 16.4. The average molecular weight is 318 g/mol. The minimum Gasteiger partial charge on any atom is -0.490 e. The van der Waals surface area contributed by atoms with Gasteiger partial charge in [-0.1, -0.05) is 6.42 Å². The lowest BCUT2D eigenvalue weighted by Gasteiger charge is -2.31. The molecule has 0 amide bonds. The van der Waals surface area contributed by atoms with E-state index in [1.165, 1.54) is 25.3 Å². The van der Waals surface area contributed by atoms with Crippen LogP contribution in [0.2, 0.25) is 0 Å². The van der Waals surface area contributed by atoms with Crippen molar-refractivity contribution in [1.82, 2.24) is 0 Å². The lowest BCUT2D eigenvalue weighted by molar-refractivity contribution is -0.385. The number of alkyl halides is 3. The summed E-state index contributed by atoms with van der Waals surface area (Å²) in [5.74, 6) is -1.21. The maximum Gasteiger partial charge on any atom is 0.391 e. The molecule has 1 saturated carbocycles. The Morgan fingerprint density at radius 1 is 1.36 bits per heavy atom. The lowest BCUT2D eigenvalue weighted by atomic mass is 9.85. The summed E-state index contributed by atoms with van der Waals surface area (Å²) in [5.41, 5.74) is 0.347. The van der Waals surface area contributed by atoms with Crippen molar-refractivity contribution in [3.8, 4) is 5.75 Å². The van der Waals surface area contributed by atoms with Gasteiger partial charge in [0.1, 0.15) is 0 Å². The lowest BCUT2D eigenvalue weighted by Crippen LogP contribution is -2.34. The molecule has 22 heavy (non-hydrogen) atoms. The molecule has 0 saturated heterocycles. The van der Waals surface area contributed by atoms with Crippen LogP contribution in [0.25, 0.3) is 0 Å². The number of anilines is 1. The van der Waals surface area contributed by atoms with Gasteiger partial charge in [-0.15, -0.1) is 0 Å². The van der Waals surface area contributed by atoms with Crippen LogP contribution in [-0.2, 0) is 0 Å². The molecule has 0 radical (unpaired) electrons. The third-order valence-corrected chi connectivity index (χ3v) is 3.88. The van der Waals surface area contributed by atoms with Gasteiger partial charge in [0.15, 0.2) is 5.75 Å². The molecule has 2 unspecified atom stereocenters. The van der Waals surface area contributed by atoms with Gasteiger partial charge >= 0.3 is 11.9 Å². The molecule has 122 valence electrons. The molecule has 0 aromatic heterocycles. The summed E-state index contributed by atoms with van der Waals surface area (Å²) in [6, 6.07) is 3.91. The molecule has 1 aromatic rings.